The topological polar surface area (TPSA) is 78.0 Å². The van der Waals surface area contributed by atoms with E-state index in [2.05, 4.69) is 20.1 Å². The van der Waals surface area contributed by atoms with Gasteiger partial charge in [-0.3, -0.25) is 9.89 Å². The molecule has 1 aromatic carbocycles. The molecule has 1 atom stereocenters. The number of nitrogens with zero attached hydrogens (tertiary/aromatic N) is 5. The van der Waals surface area contributed by atoms with Crippen LogP contribution < -0.4 is 4.90 Å². The lowest BCUT2D eigenvalue weighted by Gasteiger charge is -2.25. The number of amides is 1. The van der Waals surface area contributed by atoms with Gasteiger partial charge < -0.3 is 9.80 Å². The van der Waals surface area contributed by atoms with Gasteiger partial charge in [-0.25, -0.2) is 14.4 Å². The predicted molar refractivity (Wildman–Crippen MR) is 115 cm³/mol. The van der Waals surface area contributed by atoms with Crippen molar-refractivity contribution in [3.05, 3.63) is 59.8 Å². The molecule has 2 aliphatic heterocycles. The number of anilines is 1. The Kier molecular flexibility index (Phi) is 5.36. The molecule has 2 saturated heterocycles. The fourth-order valence-electron chi connectivity index (χ4n) is 4.57. The SMILES string of the molecule is O=C(Cc1ccc(F)cc1)N1CCC[C@@H]1c1[nH]ncc1-c1ccnc(N2CCCC2)n1. The third-order valence-electron chi connectivity index (χ3n) is 6.15. The van der Waals surface area contributed by atoms with Gasteiger partial charge in [-0.05, 0) is 49.4 Å². The van der Waals surface area contributed by atoms with Crippen LogP contribution in [-0.4, -0.2) is 50.6 Å². The molecule has 31 heavy (non-hydrogen) atoms. The Morgan fingerprint density at radius 1 is 1.10 bits per heavy atom. The van der Waals surface area contributed by atoms with E-state index in [-0.39, 0.29) is 24.2 Å². The summed E-state index contributed by atoms with van der Waals surface area (Å²) in [5, 5.41) is 7.40. The van der Waals surface area contributed by atoms with Crippen LogP contribution in [0.5, 0.6) is 0 Å². The molecule has 1 amide bonds. The molecule has 0 spiro atoms. The number of carbonyl (C=O) groups excluding carboxylic acids is 1. The molecule has 0 aliphatic carbocycles. The highest BCUT2D eigenvalue weighted by Crippen LogP contribution is 2.36. The van der Waals surface area contributed by atoms with Gasteiger partial charge in [-0.2, -0.15) is 5.10 Å². The molecular formula is C23H25FN6O. The number of aromatic amines is 1. The third-order valence-corrected chi connectivity index (χ3v) is 6.15. The van der Waals surface area contributed by atoms with Crippen LogP contribution in [0.15, 0.2) is 42.7 Å². The molecule has 5 rings (SSSR count). The molecule has 8 heteroatoms. The van der Waals surface area contributed by atoms with Gasteiger partial charge in [0.1, 0.15) is 5.82 Å². The van der Waals surface area contributed by atoms with E-state index in [1.165, 1.54) is 12.1 Å². The minimum atomic E-state index is -0.296. The second kappa shape index (κ2) is 8.45. The quantitative estimate of drug-likeness (QED) is 0.683. The number of halogens is 1. The van der Waals surface area contributed by atoms with Crippen molar-refractivity contribution in [2.45, 2.75) is 38.1 Å². The third kappa shape index (κ3) is 4.02. The van der Waals surface area contributed by atoms with Gasteiger partial charge in [0.2, 0.25) is 11.9 Å². The van der Waals surface area contributed by atoms with Crippen molar-refractivity contribution in [3.63, 3.8) is 0 Å². The number of aromatic nitrogens is 4. The van der Waals surface area contributed by atoms with E-state index in [0.717, 1.165) is 67.2 Å². The van der Waals surface area contributed by atoms with Crippen molar-refractivity contribution in [1.29, 1.82) is 0 Å². The number of hydrogen-bond donors (Lipinski definition) is 1. The lowest BCUT2D eigenvalue weighted by Crippen LogP contribution is -2.32. The molecule has 4 heterocycles. The first-order valence-electron chi connectivity index (χ1n) is 10.8. The first kappa shape index (κ1) is 19.7. The molecule has 2 aromatic heterocycles. The van der Waals surface area contributed by atoms with Crippen LogP contribution in [0.4, 0.5) is 10.3 Å². The first-order valence-corrected chi connectivity index (χ1v) is 10.8. The Balaban J connectivity index is 1.38. The molecule has 0 unspecified atom stereocenters. The van der Waals surface area contributed by atoms with Crippen molar-refractivity contribution in [1.82, 2.24) is 25.1 Å². The van der Waals surface area contributed by atoms with Crippen molar-refractivity contribution in [2.24, 2.45) is 0 Å². The molecule has 160 valence electrons. The van der Waals surface area contributed by atoms with E-state index in [9.17, 15) is 9.18 Å². The van der Waals surface area contributed by atoms with Crippen molar-refractivity contribution in [3.8, 4) is 11.3 Å². The largest absolute Gasteiger partial charge is 0.341 e. The van der Waals surface area contributed by atoms with Gasteiger partial charge in [0.25, 0.3) is 0 Å². The monoisotopic (exact) mass is 420 g/mol. The van der Waals surface area contributed by atoms with E-state index in [4.69, 9.17) is 4.98 Å². The summed E-state index contributed by atoms with van der Waals surface area (Å²) in [5.41, 5.74) is 3.46. The Bertz CT molecular complexity index is 1060. The molecule has 1 N–H and O–H groups in total. The van der Waals surface area contributed by atoms with E-state index in [1.54, 1.807) is 24.5 Å². The molecule has 0 bridgehead atoms. The number of benzene rings is 1. The van der Waals surface area contributed by atoms with Gasteiger partial charge >= 0.3 is 0 Å². The number of likely N-dealkylation sites (tertiary alicyclic amines) is 1. The molecule has 2 fully saturated rings. The zero-order chi connectivity index (χ0) is 21.2. The highest BCUT2D eigenvalue weighted by Gasteiger charge is 2.33. The van der Waals surface area contributed by atoms with Gasteiger partial charge in [0.15, 0.2) is 0 Å². The molecular weight excluding hydrogens is 395 g/mol. The average molecular weight is 420 g/mol. The molecule has 7 nitrogen and oxygen atoms in total. The smallest absolute Gasteiger partial charge is 0.227 e. The summed E-state index contributed by atoms with van der Waals surface area (Å²) in [5.74, 6) is 0.489. The van der Waals surface area contributed by atoms with Crippen LogP contribution in [0, 0.1) is 5.82 Å². The number of rotatable bonds is 5. The van der Waals surface area contributed by atoms with Crippen LogP contribution in [-0.2, 0) is 11.2 Å². The predicted octanol–water partition coefficient (Wildman–Crippen LogP) is 3.51. The zero-order valence-electron chi connectivity index (χ0n) is 17.3. The van der Waals surface area contributed by atoms with E-state index < -0.39 is 0 Å². The summed E-state index contributed by atoms with van der Waals surface area (Å²) in [6, 6.07) is 7.94. The number of hydrogen-bond acceptors (Lipinski definition) is 5. The van der Waals surface area contributed by atoms with Crippen molar-refractivity contribution < 1.29 is 9.18 Å². The average Bonchev–Trinajstić information content (AvgIpc) is 3.56. The second-order valence-corrected chi connectivity index (χ2v) is 8.18. The Hall–Kier alpha value is -3.29. The zero-order valence-corrected chi connectivity index (χ0v) is 17.3. The summed E-state index contributed by atoms with van der Waals surface area (Å²) in [4.78, 5) is 26.4. The normalized spacial score (nSPS) is 18.7. The Labute approximate surface area is 180 Å². The maximum Gasteiger partial charge on any atom is 0.227 e. The van der Waals surface area contributed by atoms with Gasteiger partial charge in [-0.15, -0.1) is 0 Å². The molecule has 0 radical (unpaired) electrons. The number of nitrogens with one attached hydrogen (secondary N) is 1. The van der Waals surface area contributed by atoms with Crippen LogP contribution >= 0.6 is 0 Å². The Morgan fingerprint density at radius 3 is 2.71 bits per heavy atom. The summed E-state index contributed by atoms with van der Waals surface area (Å²) in [6.45, 7) is 2.66. The molecule has 3 aromatic rings. The summed E-state index contributed by atoms with van der Waals surface area (Å²) in [7, 11) is 0. The fourth-order valence-corrected chi connectivity index (χ4v) is 4.57. The standard InChI is InChI=1S/C23H25FN6O/c24-17-7-5-16(6-8-17)14-21(31)30-13-3-4-20(30)22-18(15-26-28-22)19-9-10-25-23(27-19)29-11-1-2-12-29/h5-10,15,20H,1-4,11-14H2,(H,26,28)/t20-/m1/s1. The van der Waals surface area contributed by atoms with Crippen molar-refractivity contribution in [2.75, 3.05) is 24.5 Å². The maximum atomic E-state index is 13.2. The first-order chi connectivity index (χ1) is 15.2. The van der Waals surface area contributed by atoms with Crippen LogP contribution in [0.1, 0.15) is 43.0 Å². The van der Waals surface area contributed by atoms with Gasteiger partial charge in [0.05, 0.1) is 30.0 Å². The highest BCUT2D eigenvalue weighted by atomic mass is 19.1. The molecule has 0 saturated carbocycles. The highest BCUT2D eigenvalue weighted by molar-refractivity contribution is 5.80. The lowest BCUT2D eigenvalue weighted by molar-refractivity contribution is -0.131. The maximum absolute atomic E-state index is 13.2. The summed E-state index contributed by atoms with van der Waals surface area (Å²) in [6.07, 6.45) is 7.96. The summed E-state index contributed by atoms with van der Waals surface area (Å²) >= 11 is 0. The lowest BCUT2D eigenvalue weighted by atomic mass is 10.0. The minimum absolute atomic E-state index is 0.0371. The van der Waals surface area contributed by atoms with E-state index >= 15 is 0 Å². The van der Waals surface area contributed by atoms with Crippen LogP contribution in [0.25, 0.3) is 11.3 Å². The van der Waals surface area contributed by atoms with Crippen molar-refractivity contribution >= 4 is 11.9 Å². The summed E-state index contributed by atoms with van der Waals surface area (Å²) < 4.78 is 13.2. The number of H-pyrrole nitrogens is 1. The minimum Gasteiger partial charge on any atom is -0.341 e. The van der Waals surface area contributed by atoms with E-state index in [1.807, 2.05) is 11.0 Å². The van der Waals surface area contributed by atoms with Gasteiger partial charge in [0, 0.05) is 31.4 Å². The Morgan fingerprint density at radius 2 is 1.90 bits per heavy atom. The van der Waals surface area contributed by atoms with Gasteiger partial charge in [-0.1, -0.05) is 12.1 Å². The van der Waals surface area contributed by atoms with Crippen LogP contribution in [0.3, 0.4) is 0 Å². The second-order valence-electron chi connectivity index (χ2n) is 8.18. The van der Waals surface area contributed by atoms with E-state index in [0.29, 0.717) is 6.54 Å². The van der Waals surface area contributed by atoms with Crippen LogP contribution in [0.2, 0.25) is 0 Å². The fraction of sp³-hybridized carbons (Fsp3) is 0.391. The number of carbonyl (C=O) groups is 1. The molecule has 2 aliphatic rings.